The Morgan fingerprint density at radius 1 is 1.00 bits per heavy atom. The summed E-state index contributed by atoms with van der Waals surface area (Å²) in [5.74, 6) is 1.81. The Morgan fingerprint density at radius 3 is 2.19 bits per heavy atom. The quantitative estimate of drug-likeness (QED) is 0.214. The Balaban J connectivity index is 1.43. The summed E-state index contributed by atoms with van der Waals surface area (Å²) >= 11 is 4.70. The van der Waals surface area contributed by atoms with Crippen molar-refractivity contribution in [2.75, 3.05) is 38.3 Å². The summed E-state index contributed by atoms with van der Waals surface area (Å²) in [6, 6.07) is 25.3. The zero-order valence-electron chi connectivity index (χ0n) is 23.8. The van der Waals surface area contributed by atoms with Crippen LogP contribution in [0.25, 0.3) is 0 Å². The van der Waals surface area contributed by atoms with Gasteiger partial charge < -0.3 is 38.6 Å². The van der Waals surface area contributed by atoms with E-state index in [2.05, 4.69) is 0 Å². The van der Waals surface area contributed by atoms with E-state index < -0.39 is 41.2 Å². The van der Waals surface area contributed by atoms with Crippen LogP contribution in [0.1, 0.15) is 29.2 Å². The SMILES string of the molecule is COc1ccc(C(OC[C@H]2O[C@@H](C)[C@@H](OC(=S)N3CC[S+]([O-])CC3)C2O)(c2ccccc2)c2ccc(CO)cc2)cc1. The molecule has 10 heteroatoms. The third-order valence-corrected chi connectivity index (χ3v) is 9.56. The smallest absolute Gasteiger partial charge is 0.260 e. The van der Waals surface area contributed by atoms with Gasteiger partial charge in [0.2, 0.25) is 0 Å². The Kier molecular flexibility index (Phi) is 10.1. The van der Waals surface area contributed by atoms with Crippen molar-refractivity contribution in [1.82, 2.24) is 4.90 Å². The van der Waals surface area contributed by atoms with Gasteiger partial charge in [-0.3, -0.25) is 0 Å². The lowest BCUT2D eigenvalue weighted by Gasteiger charge is -2.37. The van der Waals surface area contributed by atoms with Crippen LogP contribution in [0.15, 0.2) is 78.9 Å². The lowest BCUT2D eigenvalue weighted by molar-refractivity contribution is -0.0801. The molecule has 0 aromatic heterocycles. The van der Waals surface area contributed by atoms with Crippen LogP contribution in [0, 0.1) is 0 Å². The van der Waals surface area contributed by atoms with Gasteiger partial charge in [-0.2, -0.15) is 0 Å². The topological polar surface area (TPSA) is 104 Å². The van der Waals surface area contributed by atoms with E-state index >= 15 is 0 Å². The van der Waals surface area contributed by atoms with E-state index in [9.17, 15) is 14.8 Å². The maximum atomic E-state index is 11.8. The first-order valence-corrected chi connectivity index (χ1v) is 15.9. The molecule has 2 saturated heterocycles. The summed E-state index contributed by atoms with van der Waals surface area (Å²) in [5.41, 5.74) is 2.33. The number of nitrogens with zero attached hydrogens (tertiary/aromatic N) is 1. The molecule has 5 atom stereocenters. The lowest BCUT2D eigenvalue weighted by Crippen LogP contribution is -2.47. The summed E-state index contributed by atoms with van der Waals surface area (Å²) < 4.78 is 36.3. The van der Waals surface area contributed by atoms with E-state index in [1.807, 2.05) is 90.7 Å². The fraction of sp³-hybridized carbons (Fsp3) is 0.406. The van der Waals surface area contributed by atoms with Crippen LogP contribution in [0.5, 0.6) is 5.75 Å². The van der Waals surface area contributed by atoms with Gasteiger partial charge in [0.25, 0.3) is 5.17 Å². The third-order valence-electron chi connectivity index (χ3n) is 7.93. The molecule has 0 amide bonds. The fourth-order valence-corrected chi connectivity index (χ4v) is 6.88. The van der Waals surface area contributed by atoms with Gasteiger partial charge in [-0.05, 0) is 53.5 Å². The van der Waals surface area contributed by atoms with Crippen LogP contribution in [0.3, 0.4) is 0 Å². The number of thiocarbonyl (C=S) groups is 1. The molecule has 0 spiro atoms. The molecule has 5 rings (SSSR count). The van der Waals surface area contributed by atoms with Crippen molar-refractivity contribution in [2.45, 2.75) is 43.5 Å². The molecule has 2 heterocycles. The molecular formula is C32H37NO7S2. The predicted octanol–water partition coefficient (Wildman–Crippen LogP) is 3.38. The molecule has 2 aliphatic heterocycles. The van der Waals surface area contributed by atoms with Crippen LogP contribution < -0.4 is 4.74 Å². The average Bonchev–Trinajstić information content (AvgIpc) is 3.30. The van der Waals surface area contributed by atoms with Gasteiger partial charge in [0.05, 0.1) is 39.5 Å². The Morgan fingerprint density at radius 2 is 1.60 bits per heavy atom. The first-order valence-electron chi connectivity index (χ1n) is 14.0. The van der Waals surface area contributed by atoms with Gasteiger partial charge in [-0.25, -0.2) is 0 Å². The predicted molar refractivity (Wildman–Crippen MR) is 165 cm³/mol. The number of methoxy groups -OCH3 is 1. The highest BCUT2D eigenvalue weighted by Crippen LogP contribution is 2.42. The van der Waals surface area contributed by atoms with Crippen molar-refractivity contribution < 1.29 is 33.7 Å². The van der Waals surface area contributed by atoms with Crippen LogP contribution in [0.2, 0.25) is 0 Å². The van der Waals surface area contributed by atoms with Crippen molar-refractivity contribution >= 4 is 28.6 Å². The molecule has 0 radical (unpaired) electrons. The van der Waals surface area contributed by atoms with E-state index in [-0.39, 0.29) is 18.4 Å². The molecular weight excluding hydrogens is 574 g/mol. The fourth-order valence-electron chi connectivity index (χ4n) is 5.54. The molecule has 2 fully saturated rings. The number of ether oxygens (including phenoxy) is 4. The molecule has 2 aliphatic rings. The highest BCUT2D eigenvalue weighted by molar-refractivity contribution is 7.91. The summed E-state index contributed by atoms with van der Waals surface area (Å²) in [7, 11) is 1.62. The first-order chi connectivity index (χ1) is 20.3. The number of hydrogen-bond donors (Lipinski definition) is 2. The van der Waals surface area contributed by atoms with Gasteiger partial charge in [-0.1, -0.05) is 77.9 Å². The van der Waals surface area contributed by atoms with Crippen LogP contribution in [-0.2, 0) is 37.6 Å². The van der Waals surface area contributed by atoms with Gasteiger partial charge in [0.15, 0.2) is 6.10 Å². The number of rotatable bonds is 9. The van der Waals surface area contributed by atoms with Crippen LogP contribution >= 0.6 is 12.2 Å². The first kappa shape index (κ1) is 30.7. The lowest BCUT2D eigenvalue weighted by atomic mass is 9.79. The third kappa shape index (κ3) is 6.45. The van der Waals surface area contributed by atoms with Crippen molar-refractivity contribution in [3.05, 3.63) is 101 Å². The maximum Gasteiger partial charge on any atom is 0.260 e. The second-order valence-corrected chi connectivity index (χ2v) is 12.5. The number of aliphatic hydroxyl groups is 2. The normalized spacial score (nSPS) is 24.3. The highest BCUT2D eigenvalue weighted by Gasteiger charge is 2.46. The van der Waals surface area contributed by atoms with E-state index in [0.29, 0.717) is 24.6 Å². The molecule has 3 aromatic carbocycles. The molecule has 0 bridgehead atoms. The molecule has 3 aromatic rings. The summed E-state index contributed by atoms with van der Waals surface area (Å²) in [4.78, 5) is 1.89. The second-order valence-electron chi connectivity index (χ2n) is 10.5. The Bertz CT molecular complexity index is 1250. The average molecular weight is 612 g/mol. The molecule has 2 unspecified atom stereocenters. The summed E-state index contributed by atoms with van der Waals surface area (Å²) in [6.45, 7) is 2.96. The van der Waals surface area contributed by atoms with Gasteiger partial charge in [0, 0.05) is 0 Å². The monoisotopic (exact) mass is 611 g/mol. The maximum absolute atomic E-state index is 11.8. The Labute approximate surface area is 255 Å². The minimum atomic E-state index is -1.06. The van der Waals surface area contributed by atoms with Crippen LogP contribution in [-0.4, -0.2) is 87.6 Å². The van der Waals surface area contributed by atoms with Gasteiger partial charge >= 0.3 is 0 Å². The van der Waals surface area contributed by atoms with Crippen molar-refractivity contribution in [3.63, 3.8) is 0 Å². The second kappa shape index (κ2) is 13.7. The van der Waals surface area contributed by atoms with Crippen molar-refractivity contribution in [1.29, 1.82) is 0 Å². The summed E-state index contributed by atoms with van der Waals surface area (Å²) in [5, 5.41) is 21.3. The van der Waals surface area contributed by atoms with Crippen LogP contribution in [0.4, 0.5) is 0 Å². The van der Waals surface area contributed by atoms with E-state index in [0.717, 1.165) is 28.0 Å². The van der Waals surface area contributed by atoms with Crippen molar-refractivity contribution in [2.24, 2.45) is 0 Å². The molecule has 0 aliphatic carbocycles. The van der Waals surface area contributed by atoms with E-state index in [1.54, 1.807) is 7.11 Å². The molecule has 8 nitrogen and oxygen atoms in total. The number of hydrogen-bond acceptors (Lipinski definition) is 8. The zero-order valence-corrected chi connectivity index (χ0v) is 25.4. The molecule has 2 N–H and O–H groups in total. The van der Waals surface area contributed by atoms with Crippen molar-refractivity contribution in [3.8, 4) is 5.75 Å². The van der Waals surface area contributed by atoms with E-state index in [4.69, 9.17) is 31.2 Å². The minimum Gasteiger partial charge on any atom is -0.616 e. The highest BCUT2D eigenvalue weighted by atomic mass is 32.2. The minimum absolute atomic E-state index is 0.0590. The van der Waals surface area contributed by atoms with Gasteiger partial charge in [0.1, 0.15) is 35.1 Å². The standard InChI is InChI=1S/C32H37NO7S2/c1-22-30(40-31(41)33-16-18-42(36)19-17-33)29(35)28(39-22)21-38-32(24-6-4-3-5-7-24,25-10-8-23(20-34)9-11-25)26-12-14-27(37-2)15-13-26/h3-15,22,28-30,34-35H,16-21H2,1-2H3/t22-,28+,29?,30+,32?/m0/s1. The number of benzene rings is 3. The zero-order chi connectivity index (χ0) is 29.7. The Hall–Kier alpha value is -2.70. The largest absolute Gasteiger partial charge is 0.616 e. The molecule has 42 heavy (non-hydrogen) atoms. The molecule has 0 saturated carbocycles. The molecule has 224 valence electrons. The summed E-state index contributed by atoms with van der Waals surface area (Å²) in [6.07, 6.45) is -2.77. The number of aliphatic hydroxyl groups excluding tert-OH is 2. The van der Waals surface area contributed by atoms with Gasteiger partial charge in [-0.15, -0.1) is 0 Å². The van der Waals surface area contributed by atoms with E-state index in [1.165, 1.54) is 0 Å².